The van der Waals surface area contributed by atoms with E-state index < -0.39 is 36.9 Å². The van der Waals surface area contributed by atoms with Gasteiger partial charge in [0.25, 0.3) is 5.69 Å². The molecular weight excluding hydrogens is 450 g/mol. The van der Waals surface area contributed by atoms with E-state index in [0.29, 0.717) is 22.4 Å². The van der Waals surface area contributed by atoms with E-state index in [2.05, 4.69) is 0 Å². The van der Waals surface area contributed by atoms with E-state index in [4.69, 9.17) is 20.8 Å². The first-order valence-corrected chi connectivity index (χ1v) is 11.2. The number of benzene rings is 2. The van der Waals surface area contributed by atoms with Crippen molar-refractivity contribution in [1.82, 2.24) is 0 Å². The molecule has 31 heavy (non-hydrogen) atoms. The Hall–Kier alpha value is -3.24. The third-order valence-corrected chi connectivity index (χ3v) is 6.02. The lowest BCUT2D eigenvalue weighted by Crippen LogP contribution is -2.10. The van der Waals surface area contributed by atoms with Crippen molar-refractivity contribution in [1.29, 1.82) is 0 Å². The molecule has 0 saturated heterocycles. The first-order valence-electron chi connectivity index (χ1n) is 8.92. The van der Waals surface area contributed by atoms with Crippen LogP contribution < -0.4 is 5.63 Å². The van der Waals surface area contributed by atoms with E-state index in [9.17, 15) is 28.1 Å². The number of nitrogens with zero attached hydrogens (tertiary/aromatic N) is 1. The van der Waals surface area contributed by atoms with Crippen LogP contribution in [-0.4, -0.2) is 25.6 Å². The van der Waals surface area contributed by atoms with Crippen LogP contribution >= 0.6 is 11.6 Å². The maximum absolute atomic E-state index is 12.4. The smallest absolute Gasteiger partial charge is 0.338 e. The van der Waals surface area contributed by atoms with E-state index in [1.165, 1.54) is 0 Å². The second kappa shape index (κ2) is 8.48. The van der Waals surface area contributed by atoms with Gasteiger partial charge in [0.2, 0.25) is 0 Å². The summed E-state index contributed by atoms with van der Waals surface area (Å²) in [6.45, 7) is 1.56. The molecule has 1 aromatic heterocycles. The van der Waals surface area contributed by atoms with E-state index in [0.717, 1.165) is 36.1 Å². The number of sulfone groups is 1. The summed E-state index contributed by atoms with van der Waals surface area (Å²) in [6.07, 6.45) is 1.45. The average Bonchev–Trinajstić information content (AvgIpc) is 2.70. The second-order valence-corrected chi connectivity index (χ2v) is 9.06. The minimum atomic E-state index is -3.87. The van der Waals surface area contributed by atoms with Crippen LogP contribution in [0.3, 0.4) is 0 Å². The molecule has 0 spiro atoms. The Bertz CT molecular complexity index is 1380. The number of halogens is 1. The fourth-order valence-electron chi connectivity index (χ4n) is 3.01. The van der Waals surface area contributed by atoms with Crippen molar-refractivity contribution in [2.45, 2.75) is 24.8 Å². The minimum Gasteiger partial charge on any atom is -0.457 e. The van der Waals surface area contributed by atoms with E-state index in [-0.39, 0.29) is 17.8 Å². The largest absolute Gasteiger partial charge is 0.457 e. The molecule has 0 N–H and O–H groups in total. The number of esters is 1. The Labute approximate surface area is 181 Å². The summed E-state index contributed by atoms with van der Waals surface area (Å²) in [7, 11) is -3.87. The molecule has 0 aliphatic carbocycles. The van der Waals surface area contributed by atoms with Gasteiger partial charge in [-0.25, -0.2) is 18.0 Å². The van der Waals surface area contributed by atoms with Crippen LogP contribution in [0, 0.1) is 10.1 Å². The molecule has 162 valence electrons. The third-order valence-electron chi connectivity index (χ3n) is 4.53. The first kappa shape index (κ1) is 22.4. The molecule has 3 aromatic rings. The number of carbonyl (C=O) groups excluding carboxylic acids is 1. The van der Waals surface area contributed by atoms with E-state index in [1.807, 2.05) is 6.92 Å². The molecule has 0 atom stereocenters. The molecule has 0 amide bonds. The van der Waals surface area contributed by atoms with E-state index >= 15 is 0 Å². The van der Waals surface area contributed by atoms with Crippen molar-refractivity contribution in [2.24, 2.45) is 0 Å². The molecule has 0 unspecified atom stereocenters. The van der Waals surface area contributed by atoms with Crippen LogP contribution in [0.15, 0.2) is 50.5 Å². The summed E-state index contributed by atoms with van der Waals surface area (Å²) in [4.78, 5) is 34.1. The van der Waals surface area contributed by atoms with Gasteiger partial charge in [0, 0.05) is 34.4 Å². The molecule has 9 nitrogen and oxygen atoms in total. The van der Waals surface area contributed by atoms with Gasteiger partial charge in [-0.15, -0.1) is 0 Å². The lowest BCUT2D eigenvalue weighted by Gasteiger charge is -2.10. The first-order chi connectivity index (χ1) is 14.5. The molecule has 0 aliphatic rings. The zero-order valence-corrected chi connectivity index (χ0v) is 18.0. The van der Waals surface area contributed by atoms with Gasteiger partial charge >= 0.3 is 11.6 Å². The standard InChI is InChI=1S/C20H16ClNO8S/c1-3-11-7-17-14(9-15(11)21)13(8-19(23)30-17)10-29-20(24)12-4-5-18(31(2,27)28)16(6-12)22(25)26/h4-9H,3,10H2,1-2H3. The van der Waals surface area contributed by atoms with Crippen molar-refractivity contribution < 1.29 is 27.3 Å². The molecule has 0 bridgehead atoms. The lowest BCUT2D eigenvalue weighted by molar-refractivity contribution is -0.387. The van der Waals surface area contributed by atoms with Crippen molar-refractivity contribution in [3.05, 3.63) is 78.6 Å². The van der Waals surface area contributed by atoms with Crippen molar-refractivity contribution in [3.8, 4) is 0 Å². The van der Waals surface area contributed by atoms with Gasteiger partial charge in [-0.05, 0) is 36.2 Å². The van der Waals surface area contributed by atoms with Gasteiger partial charge in [0.1, 0.15) is 17.1 Å². The minimum absolute atomic E-state index is 0.210. The number of hydrogen-bond acceptors (Lipinski definition) is 8. The summed E-state index contributed by atoms with van der Waals surface area (Å²) < 4.78 is 33.8. The zero-order valence-electron chi connectivity index (χ0n) is 16.4. The molecule has 0 fully saturated rings. The fraction of sp³-hybridized carbons (Fsp3) is 0.200. The van der Waals surface area contributed by atoms with Crippen LogP contribution in [0.4, 0.5) is 5.69 Å². The fourth-order valence-corrected chi connectivity index (χ4v) is 4.13. The number of ether oxygens (including phenoxy) is 1. The van der Waals surface area contributed by atoms with Gasteiger partial charge in [0.15, 0.2) is 9.84 Å². The van der Waals surface area contributed by atoms with Crippen LogP contribution in [-0.2, 0) is 27.6 Å². The number of nitro groups is 1. The maximum Gasteiger partial charge on any atom is 0.338 e. The highest BCUT2D eigenvalue weighted by molar-refractivity contribution is 7.90. The number of nitro benzene ring substituents is 1. The summed E-state index contributed by atoms with van der Waals surface area (Å²) in [5.41, 5.74) is -0.181. The molecule has 1 heterocycles. The highest BCUT2D eigenvalue weighted by Crippen LogP contribution is 2.28. The Balaban J connectivity index is 1.93. The molecule has 0 aliphatic heterocycles. The Kier molecular flexibility index (Phi) is 6.14. The number of carbonyl (C=O) groups is 1. The van der Waals surface area contributed by atoms with Crippen molar-refractivity contribution >= 4 is 44.1 Å². The molecular formula is C20H16ClNO8S. The molecule has 0 radical (unpaired) electrons. The number of fused-ring (bicyclic) bond motifs is 1. The van der Waals surface area contributed by atoms with Crippen LogP contribution in [0.2, 0.25) is 5.02 Å². The van der Waals surface area contributed by atoms with Gasteiger partial charge in [-0.1, -0.05) is 18.5 Å². The van der Waals surface area contributed by atoms with Gasteiger partial charge in [-0.3, -0.25) is 10.1 Å². The SMILES string of the molecule is CCc1cc2oc(=O)cc(COC(=O)c3ccc(S(C)(=O)=O)c([N+](=O)[O-])c3)c2cc1Cl. The van der Waals surface area contributed by atoms with E-state index in [1.54, 1.807) is 12.1 Å². The third kappa shape index (κ3) is 4.75. The van der Waals surface area contributed by atoms with Gasteiger partial charge in [-0.2, -0.15) is 0 Å². The Morgan fingerprint density at radius 1 is 1.19 bits per heavy atom. The highest BCUT2D eigenvalue weighted by Gasteiger charge is 2.24. The zero-order chi connectivity index (χ0) is 22.9. The van der Waals surface area contributed by atoms with Gasteiger partial charge < -0.3 is 9.15 Å². The number of aryl methyl sites for hydroxylation is 1. The van der Waals surface area contributed by atoms with Crippen molar-refractivity contribution in [2.75, 3.05) is 6.26 Å². The Morgan fingerprint density at radius 2 is 1.90 bits per heavy atom. The summed E-state index contributed by atoms with van der Waals surface area (Å²) >= 11 is 6.23. The average molecular weight is 466 g/mol. The molecule has 2 aromatic carbocycles. The number of rotatable bonds is 6. The quantitative estimate of drug-likeness (QED) is 0.233. The number of hydrogen-bond donors (Lipinski definition) is 0. The summed E-state index contributed by atoms with van der Waals surface area (Å²) in [5, 5.41) is 12.2. The van der Waals surface area contributed by atoms with Crippen LogP contribution in [0.1, 0.15) is 28.4 Å². The van der Waals surface area contributed by atoms with Crippen LogP contribution in [0.25, 0.3) is 11.0 Å². The molecule has 3 rings (SSSR count). The molecule has 0 saturated carbocycles. The topological polar surface area (TPSA) is 134 Å². The Morgan fingerprint density at radius 3 is 2.52 bits per heavy atom. The molecule has 11 heteroatoms. The second-order valence-electron chi connectivity index (χ2n) is 6.67. The summed E-state index contributed by atoms with van der Waals surface area (Å²) in [6, 6.07) is 7.33. The maximum atomic E-state index is 12.4. The predicted molar refractivity (Wildman–Crippen MR) is 112 cm³/mol. The predicted octanol–water partition coefficient (Wildman–Crippen LogP) is 3.68. The normalized spacial score (nSPS) is 11.5. The van der Waals surface area contributed by atoms with Gasteiger partial charge in [0.05, 0.1) is 10.5 Å². The summed E-state index contributed by atoms with van der Waals surface area (Å²) in [5.74, 6) is -0.930. The lowest BCUT2D eigenvalue weighted by atomic mass is 10.1. The monoisotopic (exact) mass is 465 g/mol. The van der Waals surface area contributed by atoms with Crippen molar-refractivity contribution in [3.63, 3.8) is 0 Å². The highest BCUT2D eigenvalue weighted by atomic mass is 35.5. The van der Waals surface area contributed by atoms with Crippen LogP contribution in [0.5, 0.6) is 0 Å².